The van der Waals surface area contributed by atoms with Gasteiger partial charge in [0.1, 0.15) is 6.10 Å². The van der Waals surface area contributed by atoms with Gasteiger partial charge in [-0.2, -0.15) is 0 Å². The number of methoxy groups -OCH3 is 1. The van der Waals surface area contributed by atoms with E-state index in [9.17, 15) is 4.79 Å². The van der Waals surface area contributed by atoms with E-state index in [0.717, 1.165) is 45.3 Å². The van der Waals surface area contributed by atoms with E-state index in [-0.39, 0.29) is 12.0 Å². The standard InChI is InChI=1S/C26H34N2O3/c1-19(20-6-4-3-5-7-20)12-15-28-16-13-23(14-17-28)31-25-18-21(8-11-24(25)30-2)26(29)27-22-9-10-22/h3-8,11,18-19,22-23H,9-10,12-17H2,1-2H3,(H,27,29)/t19-/m1/s1. The average Bonchev–Trinajstić information content (AvgIpc) is 3.63. The van der Waals surface area contributed by atoms with Crippen molar-refractivity contribution in [1.82, 2.24) is 10.2 Å². The number of carbonyl (C=O) groups is 1. The smallest absolute Gasteiger partial charge is 0.251 e. The van der Waals surface area contributed by atoms with Crippen molar-refractivity contribution in [2.24, 2.45) is 0 Å². The van der Waals surface area contributed by atoms with E-state index >= 15 is 0 Å². The molecule has 0 spiro atoms. The fourth-order valence-electron chi connectivity index (χ4n) is 4.16. The Labute approximate surface area is 185 Å². The molecule has 166 valence electrons. The highest BCUT2D eigenvalue weighted by Crippen LogP contribution is 2.31. The summed E-state index contributed by atoms with van der Waals surface area (Å²) in [6.07, 6.45) is 5.45. The number of carbonyl (C=O) groups excluding carboxylic acids is 1. The van der Waals surface area contributed by atoms with Crippen LogP contribution in [0.15, 0.2) is 48.5 Å². The fraction of sp³-hybridized carbons (Fsp3) is 0.500. The average molecular weight is 423 g/mol. The number of nitrogens with one attached hydrogen (secondary N) is 1. The minimum absolute atomic E-state index is 0.0302. The molecule has 2 aliphatic rings. The normalized spacial score (nSPS) is 18.4. The van der Waals surface area contributed by atoms with E-state index in [4.69, 9.17) is 9.47 Å². The molecule has 2 fully saturated rings. The third-order valence-corrected chi connectivity index (χ3v) is 6.41. The Bertz CT molecular complexity index is 858. The predicted molar refractivity (Wildman–Crippen MR) is 123 cm³/mol. The van der Waals surface area contributed by atoms with Gasteiger partial charge in [-0.05, 0) is 68.3 Å². The fourth-order valence-corrected chi connectivity index (χ4v) is 4.16. The molecule has 2 aromatic rings. The lowest BCUT2D eigenvalue weighted by Crippen LogP contribution is -2.39. The van der Waals surface area contributed by atoms with Crippen LogP contribution in [-0.4, -0.2) is 49.7 Å². The summed E-state index contributed by atoms with van der Waals surface area (Å²) in [6.45, 7) is 5.50. The van der Waals surface area contributed by atoms with Crippen molar-refractivity contribution in [3.63, 3.8) is 0 Å². The zero-order valence-electron chi connectivity index (χ0n) is 18.7. The topological polar surface area (TPSA) is 50.8 Å². The molecule has 1 aliphatic carbocycles. The first-order valence-corrected chi connectivity index (χ1v) is 11.5. The van der Waals surface area contributed by atoms with Crippen LogP contribution in [0, 0.1) is 0 Å². The Balaban J connectivity index is 1.27. The highest BCUT2D eigenvalue weighted by Gasteiger charge is 2.25. The maximum Gasteiger partial charge on any atom is 0.251 e. The second-order valence-corrected chi connectivity index (χ2v) is 8.87. The number of nitrogens with zero attached hydrogens (tertiary/aromatic N) is 1. The Hall–Kier alpha value is -2.53. The summed E-state index contributed by atoms with van der Waals surface area (Å²) in [7, 11) is 1.64. The summed E-state index contributed by atoms with van der Waals surface area (Å²) >= 11 is 0. The number of hydrogen-bond acceptors (Lipinski definition) is 4. The van der Waals surface area contributed by atoms with Crippen LogP contribution in [0.5, 0.6) is 11.5 Å². The molecule has 1 heterocycles. The van der Waals surface area contributed by atoms with Crippen molar-refractivity contribution in [2.75, 3.05) is 26.7 Å². The molecule has 0 bridgehead atoms. The van der Waals surface area contributed by atoms with Crippen LogP contribution < -0.4 is 14.8 Å². The van der Waals surface area contributed by atoms with Crippen LogP contribution >= 0.6 is 0 Å². The molecule has 1 N–H and O–H groups in total. The molecule has 1 amide bonds. The van der Waals surface area contributed by atoms with E-state index in [1.54, 1.807) is 13.2 Å². The van der Waals surface area contributed by atoms with Crippen molar-refractivity contribution < 1.29 is 14.3 Å². The summed E-state index contributed by atoms with van der Waals surface area (Å²) in [5.41, 5.74) is 2.05. The van der Waals surface area contributed by atoms with Crippen molar-refractivity contribution in [3.8, 4) is 11.5 Å². The quantitative estimate of drug-likeness (QED) is 0.640. The molecule has 5 nitrogen and oxygen atoms in total. The van der Waals surface area contributed by atoms with Gasteiger partial charge in [0.25, 0.3) is 5.91 Å². The molecule has 0 radical (unpaired) electrons. The minimum Gasteiger partial charge on any atom is -0.493 e. The third-order valence-electron chi connectivity index (χ3n) is 6.41. The molecule has 0 unspecified atom stereocenters. The Kier molecular flexibility index (Phi) is 7.13. The summed E-state index contributed by atoms with van der Waals surface area (Å²) < 4.78 is 11.8. The lowest BCUT2D eigenvalue weighted by atomic mass is 9.97. The number of ether oxygens (including phenoxy) is 2. The number of amides is 1. The number of piperidine rings is 1. The van der Waals surface area contributed by atoms with Gasteiger partial charge >= 0.3 is 0 Å². The first kappa shape index (κ1) is 21.7. The highest BCUT2D eigenvalue weighted by molar-refractivity contribution is 5.95. The number of benzene rings is 2. The van der Waals surface area contributed by atoms with Crippen molar-refractivity contribution >= 4 is 5.91 Å². The summed E-state index contributed by atoms with van der Waals surface area (Å²) in [6, 6.07) is 16.6. The molecular formula is C26H34N2O3. The second-order valence-electron chi connectivity index (χ2n) is 8.87. The van der Waals surface area contributed by atoms with E-state index < -0.39 is 0 Å². The van der Waals surface area contributed by atoms with Crippen molar-refractivity contribution in [3.05, 3.63) is 59.7 Å². The minimum atomic E-state index is -0.0302. The van der Waals surface area contributed by atoms with Gasteiger partial charge in [0, 0.05) is 24.7 Å². The maximum absolute atomic E-state index is 12.4. The van der Waals surface area contributed by atoms with E-state index in [1.807, 2.05) is 12.1 Å². The maximum atomic E-state index is 12.4. The van der Waals surface area contributed by atoms with Gasteiger partial charge in [-0.25, -0.2) is 0 Å². The molecule has 5 heteroatoms. The third kappa shape index (κ3) is 6.01. The first-order valence-electron chi connectivity index (χ1n) is 11.5. The second kappa shape index (κ2) is 10.2. The summed E-state index contributed by atoms with van der Waals surface area (Å²) in [4.78, 5) is 14.9. The van der Waals surface area contributed by atoms with Gasteiger partial charge < -0.3 is 19.7 Å². The van der Waals surface area contributed by atoms with Crippen LogP contribution in [-0.2, 0) is 0 Å². The molecule has 1 saturated carbocycles. The number of rotatable bonds is 9. The largest absolute Gasteiger partial charge is 0.493 e. The molecule has 4 rings (SSSR count). The summed E-state index contributed by atoms with van der Waals surface area (Å²) in [5, 5.41) is 3.04. The van der Waals surface area contributed by atoms with Crippen LogP contribution in [0.4, 0.5) is 0 Å². The Morgan fingerprint density at radius 2 is 1.81 bits per heavy atom. The number of likely N-dealkylation sites (tertiary alicyclic amines) is 1. The number of hydrogen-bond donors (Lipinski definition) is 1. The Morgan fingerprint density at radius 1 is 1.06 bits per heavy atom. The van der Waals surface area contributed by atoms with Crippen LogP contribution in [0.25, 0.3) is 0 Å². The molecule has 1 saturated heterocycles. The highest BCUT2D eigenvalue weighted by atomic mass is 16.5. The summed E-state index contributed by atoms with van der Waals surface area (Å²) in [5.74, 6) is 1.89. The zero-order chi connectivity index (χ0) is 21.6. The van der Waals surface area contributed by atoms with E-state index in [2.05, 4.69) is 47.5 Å². The molecule has 2 aromatic carbocycles. The molecule has 1 aliphatic heterocycles. The molecule has 31 heavy (non-hydrogen) atoms. The SMILES string of the molecule is COc1ccc(C(=O)NC2CC2)cc1OC1CCN(CC[C@@H](C)c2ccccc2)CC1. The van der Waals surface area contributed by atoms with Gasteiger partial charge in [0.2, 0.25) is 0 Å². The van der Waals surface area contributed by atoms with E-state index in [0.29, 0.717) is 29.0 Å². The van der Waals surface area contributed by atoms with Gasteiger partial charge in [0.15, 0.2) is 11.5 Å². The van der Waals surface area contributed by atoms with Gasteiger partial charge in [-0.1, -0.05) is 37.3 Å². The monoisotopic (exact) mass is 422 g/mol. The lowest BCUT2D eigenvalue weighted by Gasteiger charge is -2.33. The van der Waals surface area contributed by atoms with Crippen molar-refractivity contribution in [2.45, 2.75) is 57.1 Å². The van der Waals surface area contributed by atoms with Crippen LogP contribution in [0.3, 0.4) is 0 Å². The van der Waals surface area contributed by atoms with Gasteiger partial charge in [-0.15, -0.1) is 0 Å². The Morgan fingerprint density at radius 3 is 2.48 bits per heavy atom. The van der Waals surface area contributed by atoms with E-state index in [1.165, 1.54) is 12.0 Å². The molecule has 0 aromatic heterocycles. The molecular weight excluding hydrogens is 388 g/mol. The predicted octanol–water partition coefficient (Wildman–Crippen LogP) is 4.62. The van der Waals surface area contributed by atoms with Crippen LogP contribution in [0.1, 0.15) is 60.9 Å². The van der Waals surface area contributed by atoms with Crippen molar-refractivity contribution in [1.29, 1.82) is 0 Å². The van der Waals surface area contributed by atoms with Gasteiger partial charge in [-0.3, -0.25) is 4.79 Å². The lowest BCUT2D eigenvalue weighted by molar-refractivity contribution is 0.0932. The van der Waals surface area contributed by atoms with Gasteiger partial charge in [0.05, 0.1) is 7.11 Å². The first-order chi connectivity index (χ1) is 15.1. The molecule has 1 atom stereocenters. The van der Waals surface area contributed by atoms with Crippen LogP contribution in [0.2, 0.25) is 0 Å². The zero-order valence-corrected chi connectivity index (χ0v) is 18.7.